The number of nitrogens with zero attached hydrogens (tertiary/aromatic N) is 2. The fourth-order valence-electron chi connectivity index (χ4n) is 2.69. The number of hydrogen-bond acceptors (Lipinski definition) is 6. The minimum absolute atomic E-state index is 0.0464. The maximum atomic E-state index is 12.6. The second-order valence-electron chi connectivity index (χ2n) is 6.44. The lowest BCUT2D eigenvalue weighted by Gasteiger charge is -2.08. The van der Waals surface area contributed by atoms with Crippen molar-refractivity contribution in [2.24, 2.45) is 5.92 Å². The highest BCUT2D eigenvalue weighted by atomic mass is 32.2. The van der Waals surface area contributed by atoms with Gasteiger partial charge in [0.1, 0.15) is 10.6 Å². The highest BCUT2D eigenvalue weighted by molar-refractivity contribution is 7.98. The van der Waals surface area contributed by atoms with Gasteiger partial charge in [-0.25, -0.2) is 9.97 Å². The molecule has 3 aromatic heterocycles. The Hall–Kier alpha value is -1.60. The van der Waals surface area contributed by atoms with E-state index in [-0.39, 0.29) is 5.56 Å². The predicted octanol–water partition coefficient (Wildman–Crippen LogP) is 4.78. The lowest BCUT2D eigenvalue weighted by atomic mass is 9.98. The van der Waals surface area contributed by atoms with Crippen molar-refractivity contribution >= 4 is 33.3 Å². The summed E-state index contributed by atoms with van der Waals surface area (Å²) in [6, 6.07) is 0. The maximum Gasteiger partial charge on any atom is 0.260 e. The van der Waals surface area contributed by atoms with Crippen LogP contribution < -0.4 is 5.56 Å². The molecule has 0 aliphatic carbocycles. The van der Waals surface area contributed by atoms with Crippen molar-refractivity contribution in [2.75, 3.05) is 0 Å². The third-order valence-corrected chi connectivity index (χ3v) is 6.40. The number of aromatic nitrogens is 3. The molecule has 134 valence electrons. The molecule has 25 heavy (non-hydrogen) atoms. The summed E-state index contributed by atoms with van der Waals surface area (Å²) in [6.45, 7) is 10.3. The van der Waals surface area contributed by atoms with Crippen molar-refractivity contribution in [1.29, 1.82) is 0 Å². The van der Waals surface area contributed by atoms with Gasteiger partial charge in [0.25, 0.3) is 5.56 Å². The second kappa shape index (κ2) is 7.33. The number of rotatable bonds is 6. The molecule has 5 nitrogen and oxygen atoms in total. The van der Waals surface area contributed by atoms with E-state index in [0.29, 0.717) is 22.7 Å². The number of oxazole rings is 1. The summed E-state index contributed by atoms with van der Waals surface area (Å²) in [5.41, 5.74) is 2.00. The van der Waals surface area contributed by atoms with Crippen LogP contribution in [0, 0.1) is 26.7 Å². The molecular weight excluding hydrogens is 354 g/mol. The first kappa shape index (κ1) is 18.2. The quantitative estimate of drug-likeness (QED) is 0.494. The number of hydrogen-bond donors (Lipinski definition) is 1. The zero-order chi connectivity index (χ0) is 18.1. The predicted molar refractivity (Wildman–Crippen MR) is 104 cm³/mol. The fraction of sp³-hybridized carbons (Fsp3) is 0.500. The first-order valence-electron chi connectivity index (χ1n) is 8.47. The van der Waals surface area contributed by atoms with E-state index < -0.39 is 0 Å². The number of H-pyrrole nitrogens is 1. The molecule has 0 saturated heterocycles. The van der Waals surface area contributed by atoms with Crippen molar-refractivity contribution in [1.82, 2.24) is 15.0 Å². The third-order valence-electron chi connectivity index (χ3n) is 4.50. The van der Waals surface area contributed by atoms with Crippen LogP contribution in [0.1, 0.15) is 48.1 Å². The van der Waals surface area contributed by atoms with Crippen LogP contribution in [0.2, 0.25) is 0 Å². The van der Waals surface area contributed by atoms with E-state index in [2.05, 4.69) is 35.7 Å². The molecule has 0 aliphatic rings. The van der Waals surface area contributed by atoms with Crippen LogP contribution in [0.3, 0.4) is 0 Å². The molecule has 7 heteroatoms. The molecule has 3 rings (SSSR count). The lowest BCUT2D eigenvalue weighted by Crippen LogP contribution is -2.11. The van der Waals surface area contributed by atoms with Gasteiger partial charge >= 0.3 is 0 Å². The summed E-state index contributed by atoms with van der Waals surface area (Å²) >= 11 is 3.05. The zero-order valence-electron chi connectivity index (χ0n) is 15.2. The number of thioether (sulfide) groups is 1. The first-order valence-corrected chi connectivity index (χ1v) is 10.3. The number of aryl methyl sites for hydroxylation is 3. The number of thiophene rings is 1. The maximum absolute atomic E-state index is 12.6. The Morgan fingerprint density at radius 3 is 2.68 bits per heavy atom. The van der Waals surface area contributed by atoms with Crippen molar-refractivity contribution in [3.63, 3.8) is 0 Å². The van der Waals surface area contributed by atoms with Crippen molar-refractivity contribution in [3.05, 3.63) is 38.1 Å². The van der Waals surface area contributed by atoms with E-state index in [4.69, 9.17) is 4.42 Å². The molecule has 0 aromatic carbocycles. The molecule has 0 radical (unpaired) electrons. The highest BCUT2D eigenvalue weighted by Crippen LogP contribution is 2.31. The molecule has 1 N–H and O–H groups in total. The van der Waals surface area contributed by atoms with Crippen LogP contribution in [0.25, 0.3) is 10.2 Å². The van der Waals surface area contributed by atoms with Gasteiger partial charge in [0.2, 0.25) is 5.89 Å². The monoisotopic (exact) mass is 377 g/mol. The number of fused-ring (bicyclic) bond motifs is 1. The Balaban J connectivity index is 1.88. The van der Waals surface area contributed by atoms with E-state index in [1.807, 2.05) is 13.8 Å². The molecular formula is C18H23N3O2S2. The molecule has 0 spiro atoms. The van der Waals surface area contributed by atoms with Gasteiger partial charge in [-0.15, -0.1) is 11.3 Å². The van der Waals surface area contributed by atoms with Crippen LogP contribution >= 0.6 is 23.1 Å². The summed E-state index contributed by atoms with van der Waals surface area (Å²) in [5, 5.41) is 1.37. The average Bonchev–Trinajstić information content (AvgIpc) is 3.05. The van der Waals surface area contributed by atoms with Crippen molar-refractivity contribution in [2.45, 2.75) is 58.4 Å². The van der Waals surface area contributed by atoms with Gasteiger partial charge in [-0.3, -0.25) is 4.79 Å². The Kier molecular flexibility index (Phi) is 5.34. The molecule has 0 aliphatic heterocycles. The van der Waals surface area contributed by atoms with Crippen LogP contribution in [-0.4, -0.2) is 15.0 Å². The molecule has 0 saturated carbocycles. The largest absolute Gasteiger partial charge is 0.445 e. The van der Waals surface area contributed by atoms with Gasteiger partial charge in [0.15, 0.2) is 5.16 Å². The summed E-state index contributed by atoms with van der Waals surface area (Å²) in [7, 11) is 0. The van der Waals surface area contributed by atoms with E-state index in [9.17, 15) is 4.79 Å². The Bertz CT molecular complexity index is 936. The standard InChI is InChI=1S/C18H23N3O2S2/c1-6-9(2)7-13-12(5)25-17-15(13)16(22)20-18(21-17)24-8-14-19-10(3)11(4)23-14/h9H,6-8H2,1-5H3,(H,20,21,22)/t9-/m0/s1. The summed E-state index contributed by atoms with van der Waals surface area (Å²) in [6.07, 6.45) is 2.03. The van der Waals surface area contributed by atoms with Gasteiger partial charge in [0, 0.05) is 4.88 Å². The number of aromatic amines is 1. The minimum atomic E-state index is -0.0464. The van der Waals surface area contributed by atoms with Crippen molar-refractivity contribution < 1.29 is 4.42 Å². The zero-order valence-corrected chi connectivity index (χ0v) is 16.9. The van der Waals surface area contributed by atoms with E-state index in [1.165, 1.54) is 16.6 Å². The summed E-state index contributed by atoms with van der Waals surface area (Å²) in [5.74, 6) is 2.59. The second-order valence-corrected chi connectivity index (χ2v) is 8.61. The smallest absolute Gasteiger partial charge is 0.260 e. The van der Waals surface area contributed by atoms with Crippen LogP contribution in [0.15, 0.2) is 14.4 Å². The molecule has 3 heterocycles. The lowest BCUT2D eigenvalue weighted by molar-refractivity contribution is 0.489. The molecule has 0 amide bonds. The summed E-state index contributed by atoms with van der Waals surface area (Å²) < 4.78 is 5.58. The van der Waals surface area contributed by atoms with Gasteiger partial charge in [-0.1, -0.05) is 32.0 Å². The molecule has 1 atom stereocenters. The van der Waals surface area contributed by atoms with Gasteiger partial charge in [-0.05, 0) is 38.7 Å². The Morgan fingerprint density at radius 1 is 1.28 bits per heavy atom. The van der Waals surface area contributed by atoms with E-state index in [1.54, 1.807) is 11.3 Å². The van der Waals surface area contributed by atoms with Crippen molar-refractivity contribution in [3.8, 4) is 0 Å². The number of nitrogens with one attached hydrogen (secondary N) is 1. The molecule has 0 bridgehead atoms. The highest BCUT2D eigenvalue weighted by Gasteiger charge is 2.17. The van der Waals surface area contributed by atoms with E-state index in [0.717, 1.165) is 40.1 Å². The fourth-order valence-corrected chi connectivity index (χ4v) is 4.51. The van der Waals surface area contributed by atoms with Gasteiger partial charge < -0.3 is 9.40 Å². The minimum Gasteiger partial charge on any atom is -0.445 e. The Labute approximate surface area is 155 Å². The van der Waals surface area contributed by atoms with E-state index >= 15 is 0 Å². The average molecular weight is 378 g/mol. The Morgan fingerprint density at radius 2 is 2.04 bits per heavy atom. The van der Waals surface area contributed by atoms with Crippen LogP contribution in [0.4, 0.5) is 0 Å². The van der Waals surface area contributed by atoms with Gasteiger partial charge in [0.05, 0.1) is 16.8 Å². The SMILES string of the molecule is CC[C@H](C)Cc1c(C)sc2nc(SCc3nc(C)c(C)o3)[nH]c(=O)c12. The molecule has 0 unspecified atom stereocenters. The molecule has 0 fully saturated rings. The molecule has 3 aromatic rings. The van der Waals surface area contributed by atoms with Crippen LogP contribution in [0.5, 0.6) is 0 Å². The van der Waals surface area contributed by atoms with Crippen LogP contribution in [-0.2, 0) is 12.2 Å². The van der Waals surface area contributed by atoms with Gasteiger partial charge in [-0.2, -0.15) is 0 Å². The normalized spacial score (nSPS) is 12.8. The topological polar surface area (TPSA) is 71.8 Å². The first-order chi connectivity index (χ1) is 11.9. The summed E-state index contributed by atoms with van der Waals surface area (Å²) in [4.78, 5) is 26.6. The third kappa shape index (κ3) is 3.82.